The third-order valence-electron chi connectivity index (χ3n) is 3.06. The lowest BCUT2D eigenvalue weighted by Gasteiger charge is -2.27. The van der Waals surface area contributed by atoms with Crippen LogP contribution in [0.15, 0.2) is 6.07 Å². The van der Waals surface area contributed by atoms with Crippen LogP contribution >= 0.6 is 0 Å². The van der Waals surface area contributed by atoms with Gasteiger partial charge in [0.1, 0.15) is 0 Å². The SMILES string of the molecule is Cc1cc([C@H]2CC[C@H](C)CN2)n(C)n1. The van der Waals surface area contributed by atoms with Crippen molar-refractivity contribution in [1.29, 1.82) is 0 Å². The number of aromatic nitrogens is 2. The number of hydrogen-bond acceptors (Lipinski definition) is 2. The molecule has 2 heterocycles. The maximum Gasteiger partial charge on any atom is 0.0597 e. The Morgan fingerprint density at radius 3 is 2.79 bits per heavy atom. The first-order valence-electron chi connectivity index (χ1n) is 5.40. The van der Waals surface area contributed by atoms with Gasteiger partial charge in [-0.2, -0.15) is 5.10 Å². The molecule has 1 fully saturated rings. The summed E-state index contributed by atoms with van der Waals surface area (Å²) in [4.78, 5) is 0. The zero-order valence-corrected chi connectivity index (χ0v) is 9.25. The number of hydrogen-bond donors (Lipinski definition) is 1. The van der Waals surface area contributed by atoms with E-state index >= 15 is 0 Å². The van der Waals surface area contributed by atoms with Gasteiger partial charge in [-0.1, -0.05) is 6.92 Å². The molecule has 0 saturated carbocycles. The van der Waals surface area contributed by atoms with Crippen molar-refractivity contribution in [3.63, 3.8) is 0 Å². The first-order valence-corrected chi connectivity index (χ1v) is 5.40. The van der Waals surface area contributed by atoms with Gasteiger partial charge in [-0.15, -0.1) is 0 Å². The van der Waals surface area contributed by atoms with Gasteiger partial charge in [-0.05, 0) is 38.3 Å². The van der Waals surface area contributed by atoms with Gasteiger partial charge in [0, 0.05) is 13.1 Å². The Morgan fingerprint density at radius 1 is 1.50 bits per heavy atom. The predicted octanol–water partition coefficient (Wildman–Crippen LogP) is 1.79. The maximum absolute atomic E-state index is 4.38. The maximum atomic E-state index is 4.38. The van der Waals surface area contributed by atoms with Crippen LogP contribution in [-0.2, 0) is 7.05 Å². The van der Waals surface area contributed by atoms with E-state index in [4.69, 9.17) is 0 Å². The van der Waals surface area contributed by atoms with E-state index in [2.05, 4.69) is 30.3 Å². The monoisotopic (exact) mass is 193 g/mol. The van der Waals surface area contributed by atoms with Gasteiger partial charge in [0.15, 0.2) is 0 Å². The standard InChI is InChI=1S/C11H19N3/c1-8-4-5-10(12-7-8)11-6-9(2)13-14(11)3/h6,8,10,12H,4-5,7H2,1-3H3/t8-,10+/m0/s1. The average Bonchev–Trinajstić information content (AvgIpc) is 2.47. The summed E-state index contributed by atoms with van der Waals surface area (Å²) in [5, 5.41) is 7.96. The first kappa shape index (κ1) is 9.71. The lowest BCUT2D eigenvalue weighted by atomic mass is 9.94. The molecule has 0 spiro atoms. The van der Waals surface area contributed by atoms with E-state index in [1.54, 1.807) is 0 Å². The molecule has 3 heteroatoms. The fourth-order valence-electron chi connectivity index (χ4n) is 2.21. The number of nitrogens with zero attached hydrogens (tertiary/aromatic N) is 2. The summed E-state index contributed by atoms with van der Waals surface area (Å²) >= 11 is 0. The molecule has 1 aromatic heterocycles. The van der Waals surface area contributed by atoms with E-state index in [-0.39, 0.29) is 0 Å². The fraction of sp³-hybridized carbons (Fsp3) is 0.727. The van der Waals surface area contributed by atoms with Crippen LogP contribution in [0, 0.1) is 12.8 Å². The van der Waals surface area contributed by atoms with Crippen LogP contribution < -0.4 is 5.32 Å². The smallest absolute Gasteiger partial charge is 0.0597 e. The molecule has 1 aliphatic rings. The highest BCUT2D eigenvalue weighted by Gasteiger charge is 2.21. The highest BCUT2D eigenvalue weighted by Crippen LogP contribution is 2.25. The summed E-state index contributed by atoms with van der Waals surface area (Å²) in [6.07, 6.45) is 2.56. The Morgan fingerprint density at radius 2 is 2.29 bits per heavy atom. The first-order chi connectivity index (χ1) is 6.66. The number of piperidine rings is 1. The summed E-state index contributed by atoms with van der Waals surface area (Å²) in [6.45, 7) is 5.49. The predicted molar refractivity (Wildman–Crippen MR) is 57.1 cm³/mol. The Balaban J connectivity index is 2.11. The van der Waals surface area contributed by atoms with Crippen LogP contribution in [0.2, 0.25) is 0 Å². The van der Waals surface area contributed by atoms with Gasteiger partial charge in [0.25, 0.3) is 0 Å². The summed E-state index contributed by atoms with van der Waals surface area (Å²) in [5.74, 6) is 0.820. The van der Waals surface area contributed by atoms with E-state index in [1.165, 1.54) is 18.5 Å². The highest BCUT2D eigenvalue weighted by atomic mass is 15.3. The molecule has 1 N–H and O–H groups in total. The van der Waals surface area contributed by atoms with Gasteiger partial charge >= 0.3 is 0 Å². The topological polar surface area (TPSA) is 29.9 Å². The summed E-state index contributed by atoms with van der Waals surface area (Å²) in [7, 11) is 2.03. The van der Waals surface area contributed by atoms with Crippen LogP contribution in [-0.4, -0.2) is 16.3 Å². The highest BCUT2D eigenvalue weighted by molar-refractivity contribution is 5.13. The summed E-state index contributed by atoms with van der Waals surface area (Å²) in [6, 6.07) is 2.70. The van der Waals surface area contributed by atoms with Gasteiger partial charge < -0.3 is 5.32 Å². The molecule has 78 valence electrons. The van der Waals surface area contributed by atoms with Crippen molar-refractivity contribution >= 4 is 0 Å². The van der Waals surface area contributed by atoms with E-state index in [9.17, 15) is 0 Å². The Labute approximate surface area is 85.5 Å². The van der Waals surface area contributed by atoms with Crippen LogP contribution in [0.1, 0.15) is 37.2 Å². The van der Waals surface area contributed by atoms with Crippen LogP contribution in [0.4, 0.5) is 0 Å². The molecule has 2 atom stereocenters. The molecule has 0 bridgehead atoms. The van der Waals surface area contributed by atoms with Gasteiger partial charge in [0.05, 0.1) is 11.4 Å². The van der Waals surface area contributed by atoms with E-state index in [1.807, 2.05) is 11.7 Å². The minimum Gasteiger partial charge on any atom is -0.308 e. The molecular formula is C11H19N3. The molecule has 1 aliphatic heterocycles. The van der Waals surface area contributed by atoms with Crippen LogP contribution in [0.3, 0.4) is 0 Å². The van der Waals surface area contributed by atoms with Crippen molar-refractivity contribution in [3.8, 4) is 0 Å². The average molecular weight is 193 g/mol. The number of aryl methyl sites for hydroxylation is 2. The van der Waals surface area contributed by atoms with Gasteiger partial charge in [0.2, 0.25) is 0 Å². The fourth-order valence-corrected chi connectivity index (χ4v) is 2.21. The second-order valence-electron chi connectivity index (χ2n) is 4.48. The van der Waals surface area contributed by atoms with E-state index in [0.29, 0.717) is 6.04 Å². The van der Waals surface area contributed by atoms with Crippen molar-refractivity contribution in [2.24, 2.45) is 13.0 Å². The minimum absolute atomic E-state index is 0.511. The second-order valence-corrected chi connectivity index (χ2v) is 4.48. The summed E-state index contributed by atoms with van der Waals surface area (Å²) < 4.78 is 2.00. The third kappa shape index (κ3) is 1.82. The Hall–Kier alpha value is -0.830. The third-order valence-corrected chi connectivity index (χ3v) is 3.06. The lowest BCUT2D eigenvalue weighted by molar-refractivity contribution is 0.322. The zero-order chi connectivity index (χ0) is 10.1. The molecule has 0 aromatic carbocycles. The molecule has 1 saturated heterocycles. The number of rotatable bonds is 1. The molecule has 14 heavy (non-hydrogen) atoms. The normalized spacial score (nSPS) is 27.9. The minimum atomic E-state index is 0.511. The van der Waals surface area contributed by atoms with Crippen molar-refractivity contribution in [1.82, 2.24) is 15.1 Å². The van der Waals surface area contributed by atoms with Crippen molar-refractivity contribution in [3.05, 3.63) is 17.5 Å². The zero-order valence-electron chi connectivity index (χ0n) is 9.25. The molecule has 0 unspecified atom stereocenters. The molecule has 2 rings (SSSR count). The van der Waals surface area contributed by atoms with Gasteiger partial charge in [-0.25, -0.2) is 0 Å². The lowest BCUT2D eigenvalue weighted by Crippen LogP contribution is -2.32. The Bertz CT molecular complexity index is 308. The Kier molecular flexibility index (Phi) is 2.59. The quantitative estimate of drug-likeness (QED) is 0.737. The summed E-state index contributed by atoms with van der Waals surface area (Å²) in [5.41, 5.74) is 2.44. The van der Waals surface area contributed by atoms with Crippen molar-refractivity contribution in [2.75, 3.05) is 6.54 Å². The van der Waals surface area contributed by atoms with Crippen LogP contribution in [0.25, 0.3) is 0 Å². The van der Waals surface area contributed by atoms with E-state index in [0.717, 1.165) is 18.2 Å². The largest absolute Gasteiger partial charge is 0.308 e. The second kappa shape index (κ2) is 3.73. The molecule has 0 amide bonds. The van der Waals surface area contributed by atoms with Gasteiger partial charge in [-0.3, -0.25) is 4.68 Å². The molecule has 0 radical (unpaired) electrons. The molecule has 0 aliphatic carbocycles. The van der Waals surface area contributed by atoms with Crippen molar-refractivity contribution < 1.29 is 0 Å². The van der Waals surface area contributed by atoms with Crippen molar-refractivity contribution in [2.45, 2.75) is 32.7 Å². The molecule has 3 nitrogen and oxygen atoms in total. The van der Waals surface area contributed by atoms with Crippen LogP contribution in [0.5, 0.6) is 0 Å². The molecular weight excluding hydrogens is 174 g/mol. The van der Waals surface area contributed by atoms with E-state index < -0.39 is 0 Å². The molecule has 1 aromatic rings. The number of nitrogens with one attached hydrogen (secondary N) is 1.